The number of carbonyl (C=O) groups excluding carboxylic acids is 1. The Bertz CT molecular complexity index is 660. The van der Waals surface area contributed by atoms with Crippen LogP contribution in [0.15, 0.2) is 22.7 Å². The molecule has 1 aromatic heterocycles. The fourth-order valence-corrected chi connectivity index (χ4v) is 2.52. The highest BCUT2D eigenvalue weighted by Crippen LogP contribution is 2.30. The molecule has 7 heteroatoms. The van der Waals surface area contributed by atoms with Crippen LogP contribution in [0.25, 0.3) is 0 Å². The van der Waals surface area contributed by atoms with Crippen LogP contribution in [-0.2, 0) is 4.79 Å². The highest BCUT2D eigenvalue weighted by Gasteiger charge is 2.29. The predicted molar refractivity (Wildman–Crippen MR) is 82.4 cm³/mol. The third-order valence-corrected chi connectivity index (χ3v) is 3.65. The lowest BCUT2D eigenvalue weighted by molar-refractivity contribution is -0.120. The van der Waals surface area contributed by atoms with E-state index in [0.29, 0.717) is 17.1 Å². The third kappa shape index (κ3) is 3.13. The second-order valence-electron chi connectivity index (χ2n) is 5.19. The van der Waals surface area contributed by atoms with Gasteiger partial charge in [-0.3, -0.25) is 9.69 Å². The Balaban J connectivity index is 2.39. The summed E-state index contributed by atoms with van der Waals surface area (Å²) in [6, 6.07) is 3.46. The van der Waals surface area contributed by atoms with Crippen LogP contribution in [0.1, 0.15) is 23.1 Å². The summed E-state index contributed by atoms with van der Waals surface area (Å²) < 4.78 is 19.1. The van der Waals surface area contributed by atoms with Gasteiger partial charge >= 0.3 is 0 Å². The molecule has 0 fully saturated rings. The van der Waals surface area contributed by atoms with Gasteiger partial charge in [0.15, 0.2) is 5.76 Å². The average Bonchev–Trinajstić information content (AvgIpc) is 2.74. The van der Waals surface area contributed by atoms with E-state index in [1.807, 2.05) is 0 Å². The maximum absolute atomic E-state index is 14.1. The number of nitrogens with zero attached hydrogens (tertiary/aromatic N) is 2. The number of amides is 1. The van der Waals surface area contributed by atoms with E-state index in [9.17, 15) is 9.18 Å². The summed E-state index contributed by atoms with van der Waals surface area (Å²) in [6.07, 6.45) is 0. The standard InChI is InChI=1S/C15H17ClFN3O2/c1-8-13(9(2)22-19-8)18-15(21)14(20(3)4)12-10(16)6-5-7-11(12)17/h5-7,14H,1-4H3,(H,18,21)/t14-/m1/s1. The zero-order chi connectivity index (χ0) is 16.4. The number of benzene rings is 1. The number of aromatic nitrogens is 1. The Kier molecular flexibility index (Phi) is 4.83. The Hall–Kier alpha value is -1.92. The lowest BCUT2D eigenvalue weighted by Gasteiger charge is -2.25. The zero-order valence-corrected chi connectivity index (χ0v) is 13.5. The molecule has 22 heavy (non-hydrogen) atoms. The van der Waals surface area contributed by atoms with Crippen molar-refractivity contribution in [3.8, 4) is 0 Å². The topological polar surface area (TPSA) is 58.4 Å². The summed E-state index contributed by atoms with van der Waals surface area (Å²) in [5.74, 6) is -0.450. The molecule has 0 bridgehead atoms. The number of aryl methyl sites for hydroxylation is 2. The van der Waals surface area contributed by atoms with Gasteiger partial charge in [-0.15, -0.1) is 0 Å². The van der Waals surface area contributed by atoms with Gasteiger partial charge in [0.2, 0.25) is 5.91 Å². The van der Waals surface area contributed by atoms with Crippen LogP contribution in [0.4, 0.5) is 10.1 Å². The lowest BCUT2D eigenvalue weighted by Crippen LogP contribution is -2.33. The minimum atomic E-state index is -0.873. The quantitative estimate of drug-likeness (QED) is 0.936. The smallest absolute Gasteiger partial charge is 0.246 e. The van der Waals surface area contributed by atoms with E-state index in [-0.39, 0.29) is 10.6 Å². The molecule has 0 aliphatic carbocycles. The van der Waals surface area contributed by atoms with E-state index in [2.05, 4.69) is 10.5 Å². The first-order valence-corrected chi connectivity index (χ1v) is 7.04. The van der Waals surface area contributed by atoms with E-state index in [0.717, 1.165) is 0 Å². The molecule has 0 aliphatic rings. The summed E-state index contributed by atoms with van der Waals surface area (Å²) in [4.78, 5) is 14.2. The molecule has 0 spiro atoms. The summed E-state index contributed by atoms with van der Waals surface area (Å²) >= 11 is 6.08. The van der Waals surface area contributed by atoms with Crippen LogP contribution in [0.2, 0.25) is 5.02 Å². The first-order valence-electron chi connectivity index (χ1n) is 6.67. The molecule has 1 N–H and O–H groups in total. The SMILES string of the molecule is Cc1noc(C)c1NC(=O)[C@@H](c1c(F)cccc1Cl)N(C)C. The molecule has 1 atom stereocenters. The van der Waals surface area contributed by atoms with Crippen molar-refractivity contribution in [2.45, 2.75) is 19.9 Å². The molecular formula is C15H17ClFN3O2. The van der Waals surface area contributed by atoms with Gasteiger partial charge in [-0.05, 0) is 40.1 Å². The van der Waals surface area contributed by atoms with Gasteiger partial charge in [0, 0.05) is 10.6 Å². The number of nitrogens with one attached hydrogen (secondary N) is 1. The van der Waals surface area contributed by atoms with Crippen molar-refractivity contribution < 1.29 is 13.7 Å². The van der Waals surface area contributed by atoms with Crippen molar-refractivity contribution in [2.75, 3.05) is 19.4 Å². The molecule has 1 heterocycles. The summed E-state index contributed by atoms with van der Waals surface area (Å²) in [6.45, 7) is 3.41. The fraction of sp³-hybridized carbons (Fsp3) is 0.333. The third-order valence-electron chi connectivity index (χ3n) is 3.32. The van der Waals surface area contributed by atoms with E-state index < -0.39 is 17.8 Å². The molecule has 1 amide bonds. The van der Waals surface area contributed by atoms with Crippen molar-refractivity contribution in [3.05, 3.63) is 46.1 Å². The minimum absolute atomic E-state index is 0.137. The average molecular weight is 326 g/mol. The molecule has 2 aromatic rings. The molecule has 0 unspecified atom stereocenters. The molecule has 0 radical (unpaired) electrons. The van der Waals surface area contributed by atoms with Crippen LogP contribution in [-0.4, -0.2) is 30.1 Å². The van der Waals surface area contributed by atoms with Gasteiger partial charge in [0.05, 0.1) is 0 Å². The maximum atomic E-state index is 14.1. The van der Waals surface area contributed by atoms with Gasteiger partial charge in [-0.2, -0.15) is 0 Å². The van der Waals surface area contributed by atoms with Crippen LogP contribution in [0.3, 0.4) is 0 Å². The predicted octanol–water partition coefficient (Wildman–Crippen LogP) is 3.33. The largest absolute Gasteiger partial charge is 0.359 e. The fourth-order valence-electron chi connectivity index (χ4n) is 2.25. The number of carbonyl (C=O) groups is 1. The zero-order valence-electron chi connectivity index (χ0n) is 12.8. The van der Waals surface area contributed by atoms with Crippen molar-refractivity contribution in [1.29, 1.82) is 0 Å². The van der Waals surface area contributed by atoms with E-state index in [4.69, 9.17) is 16.1 Å². The van der Waals surface area contributed by atoms with E-state index in [1.54, 1.807) is 38.9 Å². The van der Waals surface area contributed by atoms with E-state index >= 15 is 0 Å². The number of hydrogen-bond acceptors (Lipinski definition) is 4. The first-order chi connectivity index (χ1) is 10.3. The summed E-state index contributed by atoms with van der Waals surface area (Å²) in [7, 11) is 3.36. The second kappa shape index (κ2) is 6.46. The van der Waals surface area contributed by atoms with Crippen molar-refractivity contribution in [1.82, 2.24) is 10.1 Å². The van der Waals surface area contributed by atoms with Crippen molar-refractivity contribution in [3.63, 3.8) is 0 Å². The second-order valence-corrected chi connectivity index (χ2v) is 5.60. The van der Waals surface area contributed by atoms with Gasteiger partial charge < -0.3 is 9.84 Å². The molecular weight excluding hydrogens is 309 g/mol. The molecule has 2 rings (SSSR count). The van der Waals surface area contributed by atoms with Crippen molar-refractivity contribution >= 4 is 23.2 Å². The normalized spacial score (nSPS) is 12.5. The highest BCUT2D eigenvalue weighted by molar-refractivity contribution is 6.31. The molecule has 118 valence electrons. The van der Waals surface area contributed by atoms with Crippen molar-refractivity contribution in [2.24, 2.45) is 0 Å². The Morgan fingerprint density at radius 2 is 2.09 bits per heavy atom. The number of rotatable bonds is 4. The lowest BCUT2D eigenvalue weighted by atomic mass is 10.0. The molecule has 1 aromatic carbocycles. The first kappa shape index (κ1) is 16.5. The van der Waals surface area contributed by atoms with E-state index in [1.165, 1.54) is 12.1 Å². The molecule has 0 saturated heterocycles. The van der Waals surface area contributed by atoms with Crippen LogP contribution in [0.5, 0.6) is 0 Å². The number of anilines is 1. The molecule has 5 nitrogen and oxygen atoms in total. The minimum Gasteiger partial charge on any atom is -0.359 e. The Morgan fingerprint density at radius 3 is 2.59 bits per heavy atom. The number of halogens is 2. The van der Waals surface area contributed by atoms with Crippen LogP contribution >= 0.6 is 11.6 Å². The number of likely N-dealkylation sites (N-methyl/N-ethyl adjacent to an activating group) is 1. The van der Waals surface area contributed by atoms with Crippen LogP contribution in [0, 0.1) is 19.7 Å². The van der Waals surface area contributed by atoms with Gasteiger partial charge in [-0.25, -0.2) is 4.39 Å². The molecule has 0 aliphatic heterocycles. The molecule has 0 saturated carbocycles. The van der Waals surface area contributed by atoms with Gasteiger partial charge in [0.25, 0.3) is 0 Å². The van der Waals surface area contributed by atoms with Gasteiger partial charge in [0.1, 0.15) is 23.2 Å². The van der Waals surface area contributed by atoms with Gasteiger partial charge in [-0.1, -0.05) is 22.8 Å². The summed E-state index contributed by atoms with van der Waals surface area (Å²) in [5, 5.41) is 6.71. The number of hydrogen-bond donors (Lipinski definition) is 1. The maximum Gasteiger partial charge on any atom is 0.246 e. The summed E-state index contributed by atoms with van der Waals surface area (Å²) in [5.41, 5.74) is 1.19. The highest BCUT2D eigenvalue weighted by atomic mass is 35.5. The Labute approximate surface area is 133 Å². The monoisotopic (exact) mass is 325 g/mol. The Morgan fingerprint density at radius 1 is 1.41 bits per heavy atom. The van der Waals surface area contributed by atoms with Crippen LogP contribution < -0.4 is 5.32 Å².